The standard InChI is InChI=1S/C42H63O3P.H3O4P/c1-37(2,3)28-19-22-34(31(25-28)40(10,11)12)43-46(44-35-23-20-29(38(4,5)6)26-32(35)41(13,14)15)45-36-24-21-30(39(7,8)9)27-33(36)42(16,17)18;1-5(2,3)4/h19-27H,1-18H3;(H3,1,2,3,4). The Morgan fingerprint density at radius 3 is 0.765 bits per heavy atom. The van der Waals surface area contributed by atoms with E-state index in [1.165, 1.54) is 16.7 Å². The van der Waals surface area contributed by atoms with E-state index in [1.807, 2.05) is 0 Å². The van der Waals surface area contributed by atoms with Crippen LogP contribution in [0.4, 0.5) is 0 Å². The van der Waals surface area contributed by atoms with Crippen molar-refractivity contribution in [3.63, 3.8) is 0 Å². The molecular weight excluding hydrogens is 678 g/mol. The third-order valence-electron chi connectivity index (χ3n) is 8.48. The van der Waals surface area contributed by atoms with Crippen LogP contribution in [0.15, 0.2) is 54.6 Å². The second-order valence-corrected chi connectivity index (χ2v) is 21.7. The molecule has 0 unspecified atom stereocenters. The predicted molar refractivity (Wildman–Crippen MR) is 215 cm³/mol. The topological polar surface area (TPSA) is 105 Å². The number of hydrogen-bond donors (Lipinski definition) is 3. The summed E-state index contributed by atoms with van der Waals surface area (Å²) in [5, 5.41) is 0. The molecule has 7 nitrogen and oxygen atoms in total. The largest absolute Gasteiger partial charge is 0.530 e. The summed E-state index contributed by atoms with van der Waals surface area (Å²) >= 11 is 0. The highest BCUT2D eigenvalue weighted by Gasteiger charge is 2.32. The highest BCUT2D eigenvalue weighted by atomic mass is 31.2. The van der Waals surface area contributed by atoms with Crippen LogP contribution in [-0.4, -0.2) is 14.7 Å². The van der Waals surface area contributed by atoms with Crippen molar-refractivity contribution in [2.45, 2.75) is 157 Å². The number of rotatable bonds is 6. The van der Waals surface area contributed by atoms with Crippen LogP contribution < -0.4 is 13.6 Å². The first-order chi connectivity index (χ1) is 22.6. The normalized spacial score (nSPS) is 13.5. The monoisotopic (exact) mass is 744 g/mol. The van der Waals surface area contributed by atoms with Crippen LogP contribution in [0.1, 0.15) is 158 Å². The van der Waals surface area contributed by atoms with Gasteiger partial charge in [-0.15, -0.1) is 0 Å². The Labute approximate surface area is 310 Å². The lowest BCUT2D eigenvalue weighted by molar-refractivity contribution is 0.275. The Morgan fingerprint density at radius 1 is 0.412 bits per heavy atom. The molecule has 0 aliphatic heterocycles. The van der Waals surface area contributed by atoms with Gasteiger partial charge in [0.1, 0.15) is 17.2 Å². The van der Waals surface area contributed by atoms with Gasteiger partial charge < -0.3 is 28.3 Å². The molecule has 0 heterocycles. The molecule has 0 amide bonds. The molecule has 0 radical (unpaired) electrons. The smallest absolute Gasteiger partial charge is 0.408 e. The van der Waals surface area contributed by atoms with Gasteiger partial charge in [0.05, 0.1) is 0 Å². The third kappa shape index (κ3) is 13.8. The highest BCUT2D eigenvalue weighted by molar-refractivity contribution is 7.45. The van der Waals surface area contributed by atoms with Gasteiger partial charge in [-0.1, -0.05) is 161 Å². The molecule has 3 rings (SSSR count). The predicted octanol–water partition coefficient (Wildman–Crippen LogP) is 12.3. The molecule has 0 aromatic heterocycles. The quantitative estimate of drug-likeness (QED) is 0.216. The lowest BCUT2D eigenvalue weighted by Crippen LogP contribution is -2.20. The average Bonchev–Trinajstić information content (AvgIpc) is 2.89. The SMILES string of the molecule is CC(C)(C)c1ccc(OP(Oc2ccc(C(C)(C)C)cc2C(C)(C)C)Oc2ccc(C(C)(C)C)cc2C(C)(C)C)c(C(C)(C)C)c1.O=P(O)(O)O. The first-order valence-electron chi connectivity index (χ1n) is 17.7. The summed E-state index contributed by atoms with van der Waals surface area (Å²) in [6, 6.07) is 19.7. The fourth-order valence-corrected chi connectivity index (χ4v) is 6.35. The van der Waals surface area contributed by atoms with E-state index in [2.05, 4.69) is 179 Å². The Hall–Kier alpha value is -2.40. The lowest BCUT2D eigenvalue weighted by atomic mass is 9.80. The van der Waals surface area contributed by atoms with Gasteiger partial charge in [0, 0.05) is 16.7 Å². The first kappa shape index (κ1) is 44.8. The van der Waals surface area contributed by atoms with Crippen molar-refractivity contribution < 1.29 is 32.8 Å². The third-order valence-corrected chi connectivity index (χ3v) is 9.52. The van der Waals surface area contributed by atoms with Gasteiger partial charge >= 0.3 is 16.4 Å². The Morgan fingerprint density at radius 2 is 0.608 bits per heavy atom. The maximum Gasteiger partial charge on any atom is 0.530 e. The zero-order chi connectivity index (χ0) is 39.8. The maximum atomic E-state index is 8.88. The van der Waals surface area contributed by atoms with Gasteiger partial charge in [-0.05, 0) is 67.4 Å². The maximum absolute atomic E-state index is 8.88. The van der Waals surface area contributed by atoms with Crippen molar-refractivity contribution in [1.82, 2.24) is 0 Å². The van der Waals surface area contributed by atoms with E-state index in [1.54, 1.807) is 0 Å². The van der Waals surface area contributed by atoms with E-state index < -0.39 is 16.4 Å². The van der Waals surface area contributed by atoms with E-state index in [4.69, 9.17) is 32.8 Å². The van der Waals surface area contributed by atoms with Crippen molar-refractivity contribution >= 4 is 16.4 Å². The minimum atomic E-state index is -4.64. The molecule has 3 aromatic carbocycles. The number of hydrogen-bond acceptors (Lipinski definition) is 4. The molecule has 0 spiro atoms. The summed E-state index contributed by atoms with van der Waals surface area (Å²) < 4.78 is 29.6. The second-order valence-electron chi connectivity index (χ2n) is 19.6. The van der Waals surface area contributed by atoms with Crippen LogP contribution in [0.2, 0.25) is 0 Å². The lowest BCUT2D eigenvalue weighted by Gasteiger charge is -2.31. The summed E-state index contributed by atoms with van der Waals surface area (Å²) in [6.45, 7) is 40.3. The highest BCUT2D eigenvalue weighted by Crippen LogP contribution is 2.50. The molecule has 0 aliphatic rings. The first-order valence-corrected chi connectivity index (χ1v) is 20.3. The molecule has 0 fully saturated rings. The number of phosphoric acid groups is 1. The minimum Gasteiger partial charge on any atom is -0.408 e. The molecule has 286 valence electrons. The van der Waals surface area contributed by atoms with E-state index >= 15 is 0 Å². The van der Waals surface area contributed by atoms with Gasteiger partial charge in [0.2, 0.25) is 0 Å². The van der Waals surface area contributed by atoms with Crippen molar-refractivity contribution in [1.29, 1.82) is 0 Å². The van der Waals surface area contributed by atoms with Crippen LogP contribution in [-0.2, 0) is 37.1 Å². The molecule has 51 heavy (non-hydrogen) atoms. The molecule has 3 N–H and O–H groups in total. The molecule has 9 heteroatoms. The summed E-state index contributed by atoms with van der Waals surface area (Å²) in [4.78, 5) is 21.6. The van der Waals surface area contributed by atoms with Crippen LogP contribution in [0.3, 0.4) is 0 Å². The van der Waals surface area contributed by atoms with Crippen LogP contribution in [0.5, 0.6) is 17.2 Å². The summed E-state index contributed by atoms with van der Waals surface area (Å²) in [7, 11) is -6.53. The molecular formula is C42H66O7P2. The zero-order valence-electron chi connectivity index (χ0n) is 34.6. The zero-order valence-corrected chi connectivity index (χ0v) is 36.4. The summed E-state index contributed by atoms with van der Waals surface area (Å²) in [6.07, 6.45) is 0. The van der Waals surface area contributed by atoms with Crippen molar-refractivity contribution in [2.75, 3.05) is 0 Å². The molecule has 0 atom stereocenters. The van der Waals surface area contributed by atoms with Crippen LogP contribution in [0.25, 0.3) is 0 Å². The Bertz CT molecular complexity index is 1490. The van der Waals surface area contributed by atoms with Gasteiger partial charge in [-0.25, -0.2) is 4.57 Å². The second kappa shape index (κ2) is 15.5. The van der Waals surface area contributed by atoms with Gasteiger partial charge in [-0.2, -0.15) is 0 Å². The van der Waals surface area contributed by atoms with Crippen LogP contribution >= 0.6 is 16.4 Å². The van der Waals surface area contributed by atoms with Gasteiger partial charge in [0.15, 0.2) is 0 Å². The van der Waals surface area contributed by atoms with E-state index in [0.29, 0.717) is 0 Å². The van der Waals surface area contributed by atoms with E-state index in [-0.39, 0.29) is 32.5 Å². The van der Waals surface area contributed by atoms with Gasteiger partial charge in [-0.3, -0.25) is 0 Å². The molecule has 0 aliphatic carbocycles. The molecule has 0 saturated carbocycles. The minimum absolute atomic E-state index is 0.0170. The fourth-order valence-electron chi connectivity index (χ4n) is 5.28. The molecule has 3 aromatic rings. The van der Waals surface area contributed by atoms with Crippen molar-refractivity contribution in [2.24, 2.45) is 0 Å². The Kier molecular flexibility index (Phi) is 13.6. The van der Waals surface area contributed by atoms with Crippen molar-refractivity contribution in [3.8, 4) is 17.2 Å². The Balaban J connectivity index is 0.00000168. The molecule has 0 saturated heterocycles. The van der Waals surface area contributed by atoms with E-state index in [0.717, 1.165) is 33.9 Å². The van der Waals surface area contributed by atoms with Crippen LogP contribution in [0, 0.1) is 0 Å². The fraction of sp³-hybridized carbons (Fsp3) is 0.571. The van der Waals surface area contributed by atoms with Crippen molar-refractivity contribution in [3.05, 3.63) is 88.0 Å². The summed E-state index contributed by atoms with van der Waals surface area (Å²) in [5.74, 6) is 2.37. The van der Waals surface area contributed by atoms with Gasteiger partial charge in [0.25, 0.3) is 0 Å². The average molecular weight is 745 g/mol. The number of benzene rings is 3. The molecule has 0 bridgehead atoms. The summed E-state index contributed by atoms with van der Waals surface area (Å²) in [5.41, 5.74) is 6.85. The van der Waals surface area contributed by atoms with E-state index in [9.17, 15) is 0 Å².